The molecule has 6 heteroatoms. The Morgan fingerprint density at radius 2 is 1.76 bits per heavy atom. The van der Waals surface area contributed by atoms with Crippen molar-refractivity contribution < 1.29 is 19.0 Å². The van der Waals surface area contributed by atoms with Gasteiger partial charge in [-0.05, 0) is 55.8 Å². The fourth-order valence-electron chi connectivity index (χ4n) is 2.51. The van der Waals surface area contributed by atoms with E-state index in [2.05, 4.69) is 21.2 Å². The summed E-state index contributed by atoms with van der Waals surface area (Å²) in [6.45, 7) is 4.75. The fraction of sp³-hybridized carbons (Fsp3) is 0.316. The molecule has 0 fully saturated rings. The predicted molar refractivity (Wildman–Crippen MR) is 98.2 cm³/mol. The van der Waals surface area contributed by atoms with Crippen molar-refractivity contribution in [2.45, 2.75) is 26.0 Å². The van der Waals surface area contributed by atoms with Crippen LogP contribution in [-0.4, -0.2) is 25.2 Å². The Morgan fingerprint density at radius 1 is 1.08 bits per heavy atom. The highest BCUT2D eigenvalue weighted by molar-refractivity contribution is 9.10. The molecule has 0 bridgehead atoms. The molecule has 1 amide bonds. The minimum absolute atomic E-state index is 0.167. The molecule has 3 rings (SSSR count). The van der Waals surface area contributed by atoms with Gasteiger partial charge in [-0.1, -0.05) is 22.0 Å². The smallest absolute Gasteiger partial charge is 0.261 e. The van der Waals surface area contributed by atoms with Gasteiger partial charge in [0, 0.05) is 4.47 Å². The summed E-state index contributed by atoms with van der Waals surface area (Å²) in [5.74, 6) is 1.92. The molecule has 1 aliphatic rings. The van der Waals surface area contributed by atoms with E-state index in [-0.39, 0.29) is 11.9 Å². The number of benzene rings is 2. The monoisotopic (exact) mass is 405 g/mol. The van der Waals surface area contributed by atoms with Crippen molar-refractivity contribution in [3.8, 4) is 17.2 Å². The van der Waals surface area contributed by atoms with Gasteiger partial charge < -0.3 is 19.5 Å². The predicted octanol–water partition coefficient (Wildman–Crippen LogP) is 3.87. The molecule has 0 saturated heterocycles. The van der Waals surface area contributed by atoms with Gasteiger partial charge in [-0.15, -0.1) is 0 Å². The van der Waals surface area contributed by atoms with Gasteiger partial charge >= 0.3 is 0 Å². The van der Waals surface area contributed by atoms with E-state index in [1.807, 2.05) is 49.4 Å². The maximum absolute atomic E-state index is 12.4. The number of halogens is 1. The second kappa shape index (κ2) is 7.78. The number of rotatable bonds is 5. The Hall–Kier alpha value is -2.21. The summed E-state index contributed by atoms with van der Waals surface area (Å²) in [6.07, 6.45) is -0.596. The van der Waals surface area contributed by atoms with E-state index in [1.165, 1.54) is 0 Å². The van der Waals surface area contributed by atoms with Crippen LogP contribution < -0.4 is 19.5 Å². The van der Waals surface area contributed by atoms with Crippen molar-refractivity contribution in [2.24, 2.45) is 0 Å². The average Bonchev–Trinajstić information content (AvgIpc) is 2.63. The molecule has 25 heavy (non-hydrogen) atoms. The number of fused-ring (bicyclic) bond motifs is 1. The molecule has 1 N–H and O–H groups in total. The van der Waals surface area contributed by atoms with Gasteiger partial charge in [-0.25, -0.2) is 0 Å². The lowest BCUT2D eigenvalue weighted by Gasteiger charge is -2.22. The molecule has 132 valence electrons. The first-order valence-electron chi connectivity index (χ1n) is 8.15. The minimum Gasteiger partial charge on any atom is -0.486 e. The molecule has 2 atom stereocenters. The van der Waals surface area contributed by atoms with Crippen LogP contribution in [-0.2, 0) is 4.79 Å². The molecule has 1 heterocycles. The van der Waals surface area contributed by atoms with Crippen molar-refractivity contribution in [1.82, 2.24) is 5.32 Å². The summed E-state index contributed by atoms with van der Waals surface area (Å²) in [6, 6.07) is 12.9. The molecule has 2 aromatic carbocycles. The Kier molecular flexibility index (Phi) is 5.48. The lowest BCUT2D eigenvalue weighted by atomic mass is 10.1. The van der Waals surface area contributed by atoms with Crippen LogP contribution in [0.1, 0.15) is 25.5 Å². The van der Waals surface area contributed by atoms with E-state index in [1.54, 1.807) is 6.92 Å². The van der Waals surface area contributed by atoms with Gasteiger partial charge in [-0.2, -0.15) is 0 Å². The number of carbonyl (C=O) groups is 1. The Balaban J connectivity index is 1.60. The summed E-state index contributed by atoms with van der Waals surface area (Å²) in [5, 5.41) is 2.96. The molecule has 0 saturated carbocycles. The molecular formula is C19H20BrNO4. The summed E-state index contributed by atoms with van der Waals surface area (Å²) in [7, 11) is 0. The zero-order valence-corrected chi connectivity index (χ0v) is 15.7. The van der Waals surface area contributed by atoms with Crippen LogP contribution in [0.2, 0.25) is 0 Å². The molecule has 2 aromatic rings. The topological polar surface area (TPSA) is 56.8 Å². The first-order valence-corrected chi connectivity index (χ1v) is 8.94. The van der Waals surface area contributed by atoms with Crippen molar-refractivity contribution in [1.29, 1.82) is 0 Å². The van der Waals surface area contributed by atoms with E-state index in [4.69, 9.17) is 14.2 Å². The van der Waals surface area contributed by atoms with Crippen LogP contribution in [0.5, 0.6) is 17.2 Å². The summed E-state index contributed by atoms with van der Waals surface area (Å²) >= 11 is 3.37. The third-order valence-corrected chi connectivity index (χ3v) is 4.45. The SMILES string of the molecule is CC(Oc1ccc(Br)cc1)C(=O)NC(C)c1ccc2c(c1)OCCO2. The van der Waals surface area contributed by atoms with E-state index < -0.39 is 6.10 Å². The molecular weight excluding hydrogens is 386 g/mol. The Bertz CT molecular complexity index is 748. The fourth-order valence-corrected chi connectivity index (χ4v) is 2.78. The Labute approximate surface area is 155 Å². The van der Waals surface area contributed by atoms with Crippen LogP contribution in [0, 0.1) is 0 Å². The largest absolute Gasteiger partial charge is 0.486 e. The first-order chi connectivity index (χ1) is 12.0. The van der Waals surface area contributed by atoms with E-state index in [9.17, 15) is 4.79 Å². The van der Waals surface area contributed by atoms with Crippen LogP contribution in [0.4, 0.5) is 0 Å². The summed E-state index contributed by atoms with van der Waals surface area (Å²) < 4.78 is 17.7. The molecule has 0 aromatic heterocycles. The quantitative estimate of drug-likeness (QED) is 0.820. The third kappa shape index (κ3) is 4.45. The number of hydrogen-bond donors (Lipinski definition) is 1. The zero-order chi connectivity index (χ0) is 17.8. The average molecular weight is 406 g/mol. The van der Waals surface area contributed by atoms with Crippen LogP contribution in [0.15, 0.2) is 46.9 Å². The summed E-state index contributed by atoms with van der Waals surface area (Å²) in [5.41, 5.74) is 0.952. The summed E-state index contributed by atoms with van der Waals surface area (Å²) in [4.78, 5) is 12.4. The van der Waals surface area contributed by atoms with E-state index >= 15 is 0 Å². The van der Waals surface area contributed by atoms with Gasteiger partial charge in [0.15, 0.2) is 17.6 Å². The highest BCUT2D eigenvalue weighted by Gasteiger charge is 2.19. The first kappa shape index (κ1) is 17.6. The number of ether oxygens (including phenoxy) is 3. The third-order valence-electron chi connectivity index (χ3n) is 3.92. The molecule has 5 nitrogen and oxygen atoms in total. The van der Waals surface area contributed by atoms with Gasteiger partial charge in [0.25, 0.3) is 5.91 Å². The molecule has 0 aliphatic carbocycles. The second-order valence-electron chi connectivity index (χ2n) is 5.85. The number of carbonyl (C=O) groups excluding carboxylic acids is 1. The van der Waals surface area contributed by atoms with Crippen LogP contribution >= 0.6 is 15.9 Å². The van der Waals surface area contributed by atoms with Gasteiger partial charge in [-0.3, -0.25) is 4.79 Å². The van der Waals surface area contributed by atoms with Crippen molar-refractivity contribution in [3.05, 3.63) is 52.5 Å². The minimum atomic E-state index is -0.596. The van der Waals surface area contributed by atoms with Gasteiger partial charge in [0.1, 0.15) is 19.0 Å². The molecule has 0 radical (unpaired) electrons. The maximum Gasteiger partial charge on any atom is 0.261 e. The second-order valence-corrected chi connectivity index (χ2v) is 6.76. The zero-order valence-electron chi connectivity index (χ0n) is 14.1. The normalized spacial score (nSPS) is 15.2. The number of hydrogen-bond acceptors (Lipinski definition) is 4. The molecule has 0 spiro atoms. The van der Waals surface area contributed by atoms with E-state index in [0.29, 0.717) is 24.7 Å². The lowest BCUT2D eigenvalue weighted by molar-refractivity contribution is -0.127. The maximum atomic E-state index is 12.4. The van der Waals surface area contributed by atoms with Crippen LogP contribution in [0.3, 0.4) is 0 Å². The van der Waals surface area contributed by atoms with Crippen molar-refractivity contribution in [2.75, 3.05) is 13.2 Å². The highest BCUT2D eigenvalue weighted by Crippen LogP contribution is 2.32. The van der Waals surface area contributed by atoms with Crippen molar-refractivity contribution in [3.63, 3.8) is 0 Å². The highest BCUT2D eigenvalue weighted by atomic mass is 79.9. The Morgan fingerprint density at radius 3 is 2.48 bits per heavy atom. The standard InChI is InChI=1S/C19H20BrNO4/c1-12(14-3-8-17-18(11-14)24-10-9-23-17)21-19(22)13(2)25-16-6-4-15(20)5-7-16/h3-8,11-13H,9-10H2,1-2H3,(H,21,22). The number of nitrogens with one attached hydrogen (secondary N) is 1. The molecule has 1 aliphatic heterocycles. The van der Waals surface area contributed by atoms with Gasteiger partial charge in [0.2, 0.25) is 0 Å². The van der Waals surface area contributed by atoms with Crippen molar-refractivity contribution >= 4 is 21.8 Å². The van der Waals surface area contributed by atoms with Crippen LogP contribution in [0.25, 0.3) is 0 Å². The van der Waals surface area contributed by atoms with Gasteiger partial charge in [0.05, 0.1) is 6.04 Å². The lowest BCUT2D eigenvalue weighted by Crippen LogP contribution is -2.37. The molecule has 2 unspecified atom stereocenters. The number of amides is 1. The van der Waals surface area contributed by atoms with E-state index in [0.717, 1.165) is 15.8 Å².